The lowest BCUT2D eigenvalue weighted by Gasteiger charge is -2.37. The van der Waals surface area contributed by atoms with Crippen molar-refractivity contribution < 1.29 is 18.9 Å². The molecule has 5 nitrogen and oxygen atoms in total. The van der Waals surface area contributed by atoms with Gasteiger partial charge in [0.2, 0.25) is 0 Å². The second-order valence-corrected chi connectivity index (χ2v) is 10.3. The van der Waals surface area contributed by atoms with Crippen LogP contribution in [0.5, 0.6) is 0 Å². The van der Waals surface area contributed by atoms with Crippen LogP contribution in [0.2, 0.25) is 0 Å². The Balaban J connectivity index is 1.33. The summed E-state index contributed by atoms with van der Waals surface area (Å²) in [5.74, 6) is 0. The van der Waals surface area contributed by atoms with Gasteiger partial charge in [-0.05, 0) is 41.5 Å². The first kappa shape index (κ1) is 19.7. The molecule has 5 heteroatoms. The Labute approximate surface area is 189 Å². The standard InChI is InChI=1S/C27H31NO4/c1-5-20-6-2-18(1)12-28(13-25-17-32-25)26(9-22-14-29-22)19-3-7-21(8-4-19)27(20,10-23-15-30-23)11-24-16-31-24/h1-8,22-26H,9-17H2. The van der Waals surface area contributed by atoms with Crippen LogP contribution >= 0.6 is 0 Å². The van der Waals surface area contributed by atoms with E-state index >= 15 is 0 Å². The van der Waals surface area contributed by atoms with Gasteiger partial charge in [-0.25, -0.2) is 0 Å². The fourth-order valence-corrected chi connectivity index (χ4v) is 5.74. The molecule has 0 N–H and O–H groups in total. The maximum Gasteiger partial charge on any atom is 0.0936 e. The van der Waals surface area contributed by atoms with Crippen LogP contribution in [0.3, 0.4) is 0 Å². The topological polar surface area (TPSA) is 53.4 Å². The summed E-state index contributed by atoms with van der Waals surface area (Å²) in [7, 11) is 0. The molecule has 2 aromatic carbocycles. The second kappa shape index (κ2) is 7.64. The van der Waals surface area contributed by atoms with Gasteiger partial charge in [-0.15, -0.1) is 0 Å². The van der Waals surface area contributed by atoms with Gasteiger partial charge >= 0.3 is 0 Å². The van der Waals surface area contributed by atoms with E-state index in [4.69, 9.17) is 18.9 Å². The highest BCUT2D eigenvalue weighted by Gasteiger charge is 2.45. The number of hydrogen-bond acceptors (Lipinski definition) is 5. The summed E-state index contributed by atoms with van der Waals surface area (Å²) in [6.45, 7) is 5.45. The second-order valence-electron chi connectivity index (χ2n) is 10.3. The minimum absolute atomic E-state index is 0.0603. The van der Waals surface area contributed by atoms with Crippen LogP contribution in [0.4, 0.5) is 0 Å². The monoisotopic (exact) mass is 433 g/mol. The molecule has 0 aromatic heterocycles. The third-order valence-electron chi connectivity index (χ3n) is 7.87. The van der Waals surface area contributed by atoms with Crippen LogP contribution in [0.1, 0.15) is 47.6 Å². The molecule has 32 heavy (non-hydrogen) atoms. The summed E-state index contributed by atoms with van der Waals surface area (Å²) < 4.78 is 22.8. The highest BCUT2D eigenvalue weighted by molar-refractivity contribution is 5.43. The molecule has 0 saturated carbocycles. The minimum Gasteiger partial charge on any atom is -0.373 e. The van der Waals surface area contributed by atoms with Crippen molar-refractivity contribution >= 4 is 0 Å². The van der Waals surface area contributed by atoms with E-state index in [1.165, 1.54) is 22.3 Å². The molecule has 0 amide bonds. The summed E-state index contributed by atoms with van der Waals surface area (Å²) >= 11 is 0. The van der Waals surface area contributed by atoms with E-state index in [1.54, 1.807) is 0 Å². The summed E-state index contributed by atoms with van der Waals surface area (Å²) in [5, 5.41) is 0. The van der Waals surface area contributed by atoms with Crippen molar-refractivity contribution in [3.8, 4) is 0 Å². The molecule has 4 bridgehead atoms. The summed E-state index contributed by atoms with van der Waals surface area (Å²) in [6.07, 6.45) is 4.56. The SMILES string of the molecule is c1cc2ccc1CN(CC1CO1)C(CC1CO1)c1ccc(cc1)C2(CC1CO1)CC1CO1. The third-order valence-corrected chi connectivity index (χ3v) is 7.87. The van der Waals surface area contributed by atoms with Crippen LogP contribution in [0.15, 0.2) is 48.5 Å². The van der Waals surface area contributed by atoms with Crippen LogP contribution in [0, 0.1) is 0 Å². The third kappa shape index (κ3) is 4.02. The smallest absolute Gasteiger partial charge is 0.0936 e. The predicted octanol–water partition coefficient (Wildman–Crippen LogP) is 3.59. The van der Waals surface area contributed by atoms with Gasteiger partial charge in [0, 0.05) is 24.5 Å². The number of nitrogens with zero attached hydrogens (tertiary/aromatic N) is 1. The molecule has 2 aromatic rings. The summed E-state index contributed by atoms with van der Waals surface area (Å²) in [4.78, 5) is 2.61. The molecule has 10 rings (SSSR count). The maximum absolute atomic E-state index is 5.74. The van der Waals surface area contributed by atoms with Crippen molar-refractivity contribution in [2.75, 3.05) is 33.0 Å². The van der Waals surface area contributed by atoms with Gasteiger partial charge in [0.15, 0.2) is 0 Å². The number of hydrogen-bond donors (Lipinski definition) is 0. The number of benzene rings is 2. The van der Waals surface area contributed by atoms with Gasteiger partial charge < -0.3 is 18.9 Å². The summed E-state index contributed by atoms with van der Waals surface area (Å²) in [6, 6.07) is 19.2. The normalized spacial score (nSPS) is 37.1. The van der Waals surface area contributed by atoms with Crippen LogP contribution in [-0.2, 0) is 30.9 Å². The molecule has 5 unspecified atom stereocenters. The predicted molar refractivity (Wildman–Crippen MR) is 120 cm³/mol. The Morgan fingerprint density at radius 2 is 1.22 bits per heavy atom. The highest BCUT2D eigenvalue weighted by Crippen LogP contribution is 2.46. The molecule has 168 valence electrons. The fourth-order valence-electron chi connectivity index (χ4n) is 5.74. The largest absolute Gasteiger partial charge is 0.373 e. The molecule has 0 spiro atoms. The van der Waals surface area contributed by atoms with Gasteiger partial charge in [-0.3, -0.25) is 4.90 Å². The van der Waals surface area contributed by atoms with E-state index in [-0.39, 0.29) is 5.41 Å². The van der Waals surface area contributed by atoms with Crippen molar-refractivity contribution in [2.45, 2.75) is 61.7 Å². The first-order valence-corrected chi connectivity index (χ1v) is 12.2. The van der Waals surface area contributed by atoms with E-state index in [0.717, 1.165) is 58.8 Å². The zero-order valence-electron chi connectivity index (χ0n) is 18.4. The Kier molecular flexibility index (Phi) is 4.70. The van der Waals surface area contributed by atoms with Crippen LogP contribution in [0.25, 0.3) is 0 Å². The Hall–Kier alpha value is -1.76. The van der Waals surface area contributed by atoms with Crippen molar-refractivity contribution in [1.82, 2.24) is 4.90 Å². The molecular weight excluding hydrogens is 402 g/mol. The average Bonchev–Trinajstić information content (AvgIpc) is 3.60. The molecule has 4 saturated heterocycles. The molecule has 4 fully saturated rings. The van der Waals surface area contributed by atoms with E-state index in [9.17, 15) is 0 Å². The molecule has 0 aliphatic carbocycles. The quantitative estimate of drug-likeness (QED) is 0.596. The fraction of sp³-hybridized carbons (Fsp3) is 0.556. The zero-order chi connectivity index (χ0) is 21.1. The van der Waals surface area contributed by atoms with E-state index in [0.29, 0.717) is 30.5 Å². The number of ether oxygens (including phenoxy) is 4. The average molecular weight is 434 g/mol. The lowest BCUT2D eigenvalue weighted by Crippen LogP contribution is -2.34. The van der Waals surface area contributed by atoms with Crippen molar-refractivity contribution in [3.63, 3.8) is 0 Å². The van der Waals surface area contributed by atoms with E-state index in [1.807, 2.05) is 0 Å². The first-order chi connectivity index (χ1) is 15.7. The summed E-state index contributed by atoms with van der Waals surface area (Å²) in [5.41, 5.74) is 5.47. The minimum atomic E-state index is -0.0603. The zero-order valence-corrected chi connectivity index (χ0v) is 18.4. The Morgan fingerprint density at radius 3 is 1.75 bits per heavy atom. The van der Waals surface area contributed by atoms with Gasteiger partial charge in [0.25, 0.3) is 0 Å². The van der Waals surface area contributed by atoms with E-state index < -0.39 is 0 Å². The molecule has 5 atom stereocenters. The first-order valence-electron chi connectivity index (χ1n) is 12.2. The maximum atomic E-state index is 5.74. The highest BCUT2D eigenvalue weighted by atomic mass is 16.6. The van der Waals surface area contributed by atoms with Crippen LogP contribution < -0.4 is 0 Å². The molecular formula is C27H31NO4. The molecule has 0 radical (unpaired) electrons. The molecule has 8 aliphatic rings. The number of epoxide rings is 4. The van der Waals surface area contributed by atoms with Crippen LogP contribution in [-0.4, -0.2) is 62.3 Å². The van der Waals surface area contributed by atoms with Gasteiger partial charge in [-0.1, -0.05) is 48.5 Å². The lowest BCUT2D eigenvalue weighted by atomic mass is 9.68. The van der Waals surface area contributed by atoms with Gasteiger partial charge in [0.05, 0.1) is 50.8 Å². The number of rotatable bonds is 8. The molecule has 8 heterocycles. The van der Waals surface area contributed by atoms with Crippen molar-refractivity contribution in [3.05, 3.63) is 70.8 Å². The lowest BCUT2D eigenvalue weighted by molar-refractivity contribution is 0.152. The Morgan fingerprint density at radius 1 is 0.688 bits per heavy atom. The van der Waals surface area contributed by atoms with Crippen molar-refractivity contribution in [2.24, 2.45) is 0 Å². The van der Waals surface area contributed by atoms with E-state index in [2.05, 4.69) is 53.4 Å². The van der Waals surface area contributed by atoms with Gasteiger partial charge in [0.1, 0.15) is 0 Å². The van der Waals surface area contributed by atoms with Gasteiger partial charge in [-0.2, -0.15) is 0 Å². The molecule has 8 aliphatic heterocycles. The Bertz CT molecular complexity index is 944. The van der Waals surface area contributed by atoms with Crippen molar-refractivity contribution in [1.29, 1.82) is 0 Å².